The maximum Gasteiger partial charge on any atom is 0.296 e. The second kappa shape index (κ2) is 9.52. The van der Waals surface area contributed by atoms with Crippen LogP contribution in [-0.2, 0) is 13.5 Å². The molecule has 2 atom stereocenters. The number of benzene rings is 1. The SMILES string of the molecule is CCc1cnn(C(c2ccccc2Cl)C(C)c2nc(C(=O)Nc3cnoc3)c(O)c(=O)n2C)c1. The van der Waals surface area contributed by atoms with Crippen LogP contribution in [0.25, 0.3) is 0 Å². The van der Waals surface area contributed by atoms with Crippen molar-refractivity contribution in [2.75, 3.05) is 5.32 Å². The third kappa shape index (κ3) is 4.32. The number of hydrogen-bond donors (Lipinski definition) is 2. The number of hydrogen-bond acceptors (Lipinski definition) is 7. The molecule has 176 valence electrons. The van der Waals surface area contributed by atoms with E-state index in [4.69, 9.17) is 16.1 Å². The van der Waals surface area contributed by atoms with Crippen LogP contribution in [-0.4, -0.2) is 35.5 Å². The van der Waals surface area contributed by atoms with Gasteiger partial charge in [0, 0.05) is 24.2 Å². The molecule has 0 aliphatic carbocycles. The highest BCUT2D eigenvalue weighted by Gasteiger charge is 2.31. The number of nitrogens with one attached hydrogen (secondary N) is 1. The van der Waals surface area contributed by atoms with Crippen molar-refractivity contribution in [1.82, 2.24) is 24.5 Å². The van der Waals surface area contributed by atoms with Gasteiger partial charge in [-0.3, -0.25) is 18.8 Å². The van der Waals surface area contributed by atoms with Crippen molar-refractivity contribution in [1.29, 1.82) is 0 Å². The lowest BCUT2D eigenvalue weighted by molar-refractivity contribution is 0.101. The fourth-order valence-corrected chi connectivity index (χ4v) is 4.09. The minimum Gasteiger partial charge on any atom is -0.501 e. The molecule has 4 aromatic rings. The molecule has 2 unspecified atom stereocenters. The van der Waals surface area contributed by atoms with Crippen molar-refractivity contribution < 1.29 is 14.4 Å². The number of aromatic nitrogens is 5. The summed E-state index contributed by atoms with van der Waals surface area (Å²) in [4.78, 5) is 30.0. The van der Waals surface area contributed by atoms with E-state index in [2.05, 4.69) is 20.6 Å². The number of aryl methyl sites for hydroxylation is 1. The largest absolute Gasteiger partial charge is 0.501 e. The van der Waals surface area contributed by atoms with E-state index in [1.165, 1.54) is 24.1 Å². The van der Waals surface area contributed by atoms with E-state index in [-0.39, 0.29) is 11.5 Å². The van der Waals surface area contributed by atoms with Crippen LogP contribution in [0.2, 0.25) is 5.02 Å². The average Bonchev–Trinajstić information content (AvgIpc) is 3.51. The summed E-state index contributed by atoms with van der Waals surface area (Å²) in [5, 5.41) is 21.5. The van der Waals surface area contributed by atoms with E-state index in [0.717, 1.165) is 17.5 Å². The minimum absolute atomic E-state index is 0.263. The lowest BCUT2D eigenvalue weighted by Crippen LogP contribution is -2.30. The Morgan fingerprint density at radius 2 is 2.06 bits per heavy atom. The Kier molecular flexibility index (Phi) is 6.51. The molecule has 0 aliphatic rings. The Bertz CT molecular complexity index is 1380. The second-order valence-corrected chi connectivity index (χ2v) is 8.24. The van der Waals surface area contributed by atoms with Crippen LogP contribution in [0.5, 0.6) is 5.75 Å². The van der Waals surface area contributed by atoms with Crippen LogP contribution < -0.4 is 10.9 Å². The zero-order chi connectivity index (χ0) is 24.4. The van der Waals surface area contributed by atoms with Crippen molar-refractivity contribution >= 4 is 23.2 Å². The third-order valence-corrected chi connectivity index (χ3v) is 6.00. The highest BCUT2D eigenvalue weighted by atomic mass is 35.5. The molecule has 3 heterocycles. The molecule has 0 radical (unpaired) electrons. The summed E-state index contributed by atoms with van der Waals surface area (Å²) in [7, 11) is 1.49. The summed E-state index contributed by atoms with van der Waals surface area (Å²) in [6.45, 7) is 3.89. The fourth-order valence-electron chi connectivity index (χ4n) is 3.84. The van der Waals surface area contributed by atoms with Gasteiger partial charge in [0.25, 0.3) is 11.5 Å². The van der Waals surface area contributed by atoms with Gasteiger partial charge in [0.15, 0.2) is 5.69 Å². The van der Waals surface area contributed by atoms with E-state index in [9.17, 15) is 14.7 Å². The number of amides is 1. The van der Waals surface area contributed by atoms with Crippen LogP contribution in [0, 0.1) is 0 Å². The molecule has 1 amide bonds. The third-order valence-electron chi connectivity index (χ3n) is 5.66. The summed E-state index contributed by atoms with van der Waals surface area (Å²) >= 11 is 6.55. The molecular formula is C23H23ClN6O4. The monoisotopic (exact) mass is 482 g/mol. The molecule has 0 saturated carbocycles. The van der Waals surface area contributed by atoms with Gasteiger partial charge in [0.2, 0.25) is 5.75 Å². The molecule has 0 bridgehead atoms. The maximum atomic E-state index is 12.8. The number of carbonyl (C=O) groups excluding carboxylic acids is 1. The minimum atomic E-state index is -0.770. The van der Waals surface area contributed by atoms with Crippen LogP contribution in [0.3, 0.4) is 0 Å². The summed E-state index contributed by atoms with van der Waals surface area (Å²) in [6, 6.07) is 6.92. The van der Waals surface area contributed by atoms with Crippen molar-refractivity contribution in [2.24, 2.45) is 7.05 Å². The lowest BCUT2D eigenvalue weighted by Gasteiger charge is -2.27. The first-order chi connectivity index (χ1) is 16.3. The van der Waals surface area contributed by atoms with Gasteiger partial charge >= 0.3 is 0 Å². The van der Waals surface area contributed by atoms with Gasteiger partial charge in [0.1, 0.15) is 17.8 Å². The molecule has 10 nitrogen and oxygen atoms in total. The molecule has 0 spiro atoms. The van der Waals surface area contributed by atoms with Crippen molar-refractivity contribution in [3.05, 3.63) is 87.1 Å². The Balaban J connectivity index is 1.83. The molecular weight excluding hydrogens is 460 g/mol. The number of halogens is 1. The number of nitrogens with zero attached hydrogens (tertiary/aromatic N) is 5. The number of rotatable bonds is 7. The summed E-state index contributed by atoms with van der Waals surface area (Å²) < 4.78 is 7.71. The molecule has 0 aliphatic heterocycles. The van der Waals surface area contributed by atoms with Gasteiger partial charge in [-0.1, -0.05) is 48.8 Å². The molecule has 1 aromatic carbocycles. The second-order valence-electron chi connectivity index (χ2n) is 7.84. The zero-order valence-electron chi connectivity index (χ0n) is 18.8. The summed E-state index contributed by atoms with van der Waals surface area (Å²) in [6.07, 6.45) is 7.00. The van der Waals surface area contributed by atoms with E-state index >= 15 is 0 Å². The predicted octanol–water partition coefficient (Wildman–Crippen LogP) is 3.53. The van der Waals surface area contributed by atoms with Gasteiger partial charge in [0.05, 0.1) is 18.4 Å². The lowest BCUT2D eigenvalue weighted by atomic mass is 9.93. The number of anilines is 1. The first-order valence-corrected chi connectivity index (χ1v) is 11.0. The number of aromatic hydroxyl groups is 1. The van der Waals surface area contributed by atoms with Crippen molar-refractivity contribution in [3.8, 4) is 5.75 Å². The van der Waals surface area contributed by atoms with Crippen LogP contribution in [0.4, 0.5) is 5.69 Å². The Morgan fingerprint density at radius 1 is 1.29 bits per heavy atom. The Hall–Kier alpha value is -3.92. The summed E-state index contributed by atoms with van der Waals surface area (Å²) in [5.74, 6) is -1.72. The molecule has 0 fully saturated rings. The molecule has 2 N–H and O–H groups in total. The summed E-state index contributed by atoms with van der Waals surface area (Å²) in [5.41, 5.74) is 0.920. The van der Waals surface area contributed by atoms with Gasteiger partial charge in [-0.15, -0.1) is 0 Å². The highest BCUT2D eigenvalue weighted by molar-refractivity contribution is 6.31. The van der Waals surface area contributed by atoms with Gasteiger partial charge in [-0.05, 0) is 23.6 Å². The first kappa shape index (κ1) is 23.2. The van der Waals surface area contributed by atoms with E-state index in [1.807, 2.05) is 38.2 Å². The van der Waals surface area contributed by atoms with Gasteiger partial charge < -0.3 is 14.9 Å². The Morgan fingerprint density at radius 3 is 2.71 bits per heavy atom. The zero-order valence-corrected chi connectivity index (χ0v) is 19.5. The van der Waals surface area contributed by atoms with Crippen LogP contribution in [0.1, 0.15) is 53.2 Å². The predicted molar refractivity (Wildman–Crippen MR) is 125 cm³/mol. The molecule has 0 saturated heterocycles. The van der Waals surface area contributed by atoms with Crippen LogP contribution >= 0.6 is 11.6 Å². The average molecular weight is 483 g/mol. The van der Waals surface area contributed by atoms with Crippen molar-refractivity contribution in [2.45, 2.75) is 32.2 Å². The normalized spacial score (nSPS) is 12.9. The van der Waals surface area contributed by atoms with E-state index in [1.54, 1.807) is 16.9 Å². The molecule has 34 heavy (non-hydrogen) atoms. The molecule has 3 aromatic heterocycles. The molecule has 11 heteroatoms. The maximum absolute atomic E-state index is 12.8. The standard InChI is InChI=1S/C23H23ClN6O4/c1-4-14-9-25-30(11-14)19(16-7-5-6-8-17(16)24)13(2)21-28-18(20(31)23(33)29(21)3)22(32)27-15-10-26-34-12-15/h5-13,19,31H,4H2,1-3H3,(H,27,32). The van der Waals surface area contributed by atoms with Crippen LogP contribution in [0.15, 0.2) is 58.4 Å². The quantitative estimate of drug-likeness (QED) is 0.412. The molecule has 4 rings (SSSR count). The topological polar surface area (TPSA) is 128 Å². The Labute approximate surface area is 199 Å². The smallest absolute Gasteiger partial charge is 0.296 e. The van der Waals surface area contributed by atoms with Crippen molar-refractivity contribution in [3.63, 3.8) is 0 Å². The van der Waals surface area contributed by atoms with E-state index in [0.29, 0.717) is 5.02 Å². The van der Waals surface area contributed by atoms with E-state index < -0.39 is 34.9 Å². The fraction of sp³-hybridized carbons (Fsp3) is 0.261. The number of carbonyl (C=O) groups is 1. The van der Waals surface area contributed by atoms with Gasteiger partial charge in [-0.25, -0.2) is 4.98 Å². The van der Waals surface area contributed by atoms with Gasteiger partial charge in [-0.2, -0.15) is 5.10 Å². The highest BCUT2D eigenvalue weighted by Crippen LogP contribution is 2.36. The first-order valence-electron chi connectivity index (χ1n) is 10.6.